The fourth-order valence-electron chi connectivity index (χ4n) is 4.84. The number of aromatic nitrogens is 1. The van der Waals surface area contributed by atoms with Gasteiger partial charge in [0.15, 0.2) is 6.61 Å². The van der Waals surface area contributed by atoms with Gasteiger partial charge in [0.05, 0.1) is 0 Å². The zero-order valence-electron chi connectivity index (χ0n) is 19.0. The summed E-state index contributed by atoms with van der Waals surface area (Å²) in [7, 11) is 0. The zero-order chi connectivity index (χ0) is 23.0. The molecule has 7 heteroatoms. The summed E-state index contributed by atoms with van der Waals surface area (Å²) in [5.41, 5.74) is 2.10. The van der Waals surface area contributed by atoms with Crippen molar-refractivity contribution in [2.24, 2.45) is 5.92 Å². The highest BCUT2D eigenvalue weighted by Crippen LogP contribution is 2.38. The molecule has 1 aromatic heterocycles. The Morgan fingerprint density at radius 1 is 1.09 bits per heavy atom. The lowest BCUT2D eigenvalue weighted by atomic mass is 9.84. The van der Waals surface area contributed by atoms with Crippen molar-refractivity contribution in [1.82, 2.24) is 15.2 Å². The average Bonchev–Trinajstić information content (AvgIpc) is 2.87. The minimum atomic E-state index is -0.0687. The van der Waals surface area contributed by atoms with Crippen LogP contribution in [0.3, 0.4) is 0 Å². The number of pyridine rings is 1. The number of carbonyl (C=O) groups is 2. The van der Waals surface area contributed by atoms with E-state index >= 15 is 0 Å². The number of nitrogens with zero attached hydrogens (tertiary/aromatic N) is 2. The minimum Gasteiger partial charge on any atom is -0.483 e. The molecular formula is C26H32ClN3O3. The summed E-state index contributed by atoms with van der Waals surface area (Å²) in [6.07, 6.45) is 10.8. The first-order chi connectivity index (χ1) is 16.1. The number of likely N-dealkylation sites (tertiary alicyclic amines) is 1. The van der Waals surface area contributed by atoms with Gasteiger partial charge >= 0.3 is 0 Å². The molecule has 1 saturated heterocycles. The first-order valence-corrected chi connectivity index (χ1v) is 12.3. The van der Waals surface area contributed by atoms with Gasteiger partial charge in [-0.05, 0) is 67.0 Å². The van der Waals surface area contributed by atoms with E-state index in [4.69, 9.17) is 16.3 Å². The first-order valence-electron chi connectivity index (χ1n) is 12.0. The van der Waals surface area contributed by atoms with Crippen LogP contribution in [0.5, 0.6) is 5.75 Å². The fraction of sp³-hybridized carbons (Fsp3) is 0.500. The number of amides is 2. The van der Waals surface area contributed by atoms with Crippen molar-refractivity contribution in [3.05, 3.63) is 58.9 Å². The Kier molecular flexibility index (Phi) is 8.21. The van der Waals surface area contributed by atoms with Gasteiger partial charge < -0.3 is 15.0 Å². The van der Waals surface area contributed by atoms with Crippen LogP contribution in [0.1, 0.15) is 62.0 Å². The molecule has 2 aliphatic rings. The summed E-state index contributed by atoms with van der Waals surface area (Å²) < 4.78 is 5.99. The fourth-order valence-corrected chi connectivity index (χ4v) is 5.02. The normalized spacial score (nSPS) is 17.5. The number of nitrogens with one attached hydrogen (secondary N) is 1. The third-order valence-corrected chi connectivity index (χ3v) is 7.01. The molecular weight excluding hydrogens is 438 g/mol. The van der Waals surface area contributed by atoms with Crippen molar-refractivity contribution in [2.75, 3.05) is 19.7 Å². The van der Waals surface area contributed by atoms with Crippen molar-refractivity contribution in [1.29, 1.82) is 0 Å². The Morgan fingerprint density at radius 2 is 1.88 bits per heavy atom. The number of piperidine rings is 1. The largest absolute Gasteiger partial charge is 0.483 e. The van der Waals surface area contributed by atoms with Crippen LogP contribution in [-0.2, 0) is 16.1 Å². The molecule has 33 heavy (non-hydrogen) atoms. The molecule has 2 heterocycles. The van der Waals surface area contributed by atoms with Gasteiger partial charge in [-0.2, -0.15) is 0 Å². The van der Waals surface area contributed by atoms with E-state index in [-0.39, 0.29) is 24.3 Å². The predicted molar refractivity (Wildman–Crippen MR) is 128 cm³/mol. The molecule has 4 rings (SSSR count). The van der Waals surface area contributed by atoms with E-state index in [0.717, 1.165) is 29.7 Å². The second kappa shape index (κ2) is 11.5. The standard InChI is InChI=1S/C26H32ClN3O3/c27-22-8-9-24(23(15-22)20-6-2-1-3-7-20)33-18-25(31)30-13-10-21(11-14-30)26(32)29-17-19-5-4-12-28-16-19/h4-5,8-9,12,15-16,20-21H,1-3,6-7,10-11,13-14,17-18H2,(H,29,32). The van der Waals surface area contributed by atoms with Gasteiger partial charge in [0.1, 0.15) is 5.75 Å². The van der Waals surface area contributed by atoms with E-state index in [0.29, 0.717) is 43.4 Å². The molecule has 0 bridgehead atoms. The first kappa shape index (κ1) is 23.6. The summed E-state index contributed by atoms with van der Waals surface area (Å²) in [5, 5.41) is 3.69. The van der Waals surface area contributed by atoms with Gasteiger partial charge in [0.25, 0.3) is 5.91 Å². The lowest BCUT2D eigenvalue weighted by Gasteiger charge is -2.31. The van der Waals surface area contributed by atoms with Crippen molar-refractivity contribution < 1.29 is 14.3 Å². The molecule has 2 aromatic rings. The number of benzene rings is 1. The van der Waals surface area contributed by atoms with E-state index in [9.17, 15) is 9.59 Å². The topological polar surface area (TPSA) is 71.5 Å². The van der Waals surface area contributed by atoms with Gasteiger partial charge in [0, 0.05) is 43.0 Å². The summed E-state index contributed by atoms with van der Waals surface area (Å²) in [6.45, 7) is 1.63. The molecule has 6 nitrogen and oxygen atoms in total. The van der Waals surface area contributed by atoms with Crippen molar-refractivity contribution in [3.63, 3.8) is 0 Å². The zero-order valence-corrected chi connectivity index (χ0v) is 19.7. The van der Waals surface area contributed by atoms with E-state index in [1.807, 2.05) is 30.3 Å². The van der Waals surface area contributed by atoms with Crippen LogP contribution >= 0.6 is 11.6 Å². The van der Waals surface area contributed by atoms with Crippen LogP contribution in [0.2, 0.25) is 5.02 Å². The monoisotopic (exact) mass is 469 g/mol. The molecule has 0 spiro atoms. The molecule has 1 aromatic carbocycles. The van der Waals surface area contributed by atoms with E-state index in [1.165, 1.54) is 19.3 Å². The van der Waals surface area contributed by atoms with Crippen molar-refractivity contribution >= 4 is 23.4 Å². The van der Waals surface area contributed by atoms with Crippen LogP contribution in [0.25, 0.3) is 0 Å². The molecule has 1 aliphatic heterocycles. The maximum absolute atomic E-state index is 12.8. The average molecular weight is 470 g/mol. The highest BCUT2D eigenvalue weighted by atomic mass is 35.5. The number of carbonyl (C=O) groups excluding carboxylic acids is 2. The number of rotatable bonds is 7. The van der Waals surface area contributed by atoms with Gasteiger partial charge in [0.2, 0.25) is 5.91 Å². The van der Waals surface area contributed by atoms with E-state index in [2.05, 4.69) is 10.3 Å². The summed E-state index contributed by atoms with van der Waals surface area (Å²) in [4.78, 5) is 31.2. The van der Waals surface area contributed by atoms with Crippen LogP contribution < -0.4 is 10.1 Å². The smallest absolute Gasteiger partial charge is 0.260 e. The Hall–Kier alpha value is -2.60. The maximum Gasteiger partial charge on any atom is 0.260 e. The number of hydrogen-bond donors (Lipinski definition) is 1. The molecule has 1 saturated carbocycles. The molecule has 1 aliphatic carbocycles. The molecule has 0 unspecified atom stereocenters. The van der Waals surface area contributed by atoms with Crippen LogP contribution in [0.15, 0.2) is 42.7 Å². The molecule has 0 radical (unpaired) electrons. The highest BCUT2D eigenvalue weighted by molar-refractivity contribution is 6.30. The number of halogens is 1. The second-order valence-electron chi connectivity index (χ2n) is 9.04. The van der Waals surface area contributed by atoms with E-state index in [1.54, 1.807) is 17.3 Å². The summed E-state index contributed by atoms with van der Waals surface area (Å²) >= 11 is 6.25. The Bertz CT molecular complexity index is 939. The molecule has 1 N–H and O–H groups in total. The molecule has 2 amide bonds. The lowest BCUT2D eigenvalue weighted by Crippen LogP contribution is -2.44. The lowest BCUT2D eigenvalue weighted by molar-refractivity contribution is -0.137. The Labute approximate surface area is 200 Å². The van der Waals surface area contributed by atoms with Crippen LogP contribution in [0, 0.1) is 5.92 Å². The minimum absolute atomic E-state index is 0.0131. The summed E-state index contributed by atoms with van der Waals surface area (Å²) in [5.74, 6) is 1.16. The predicted octanol–water partition coefficient (Wildman–Crippen LogP) is 4.72. The number of ether oxygens (including phenoxy) is 1. The Morgan fingerprint density at radius 3 is 2.61 bits per heavy atom. The highest BCUT2D eigenvalue weighted by Gasteiger charge is 2.28. The van der Waals surface area contributed by atoms with Crippen molar-refractivity contribution in [2.45, 2.75) is 57.4 Å². The van der Waals surface area contributed by atoms with E-state index < -0.39 is 0 Å². The third kappa shape index (κ3) is 6.47. The molecule has 0 atom stereocenters. The van der Waals surface area contributed by atoms with Gasteiger partial charge in [-0.1, -0.05) is 36.9 Å². The van der Waals surface area contributed by atoms with Gasteiger partial charge in [-0.15, -0.1) is 0 Å². The summed E-state index contributed by atoms with van der Waals surface area (Å²) in [6, 6.07) is 9.50. The SMILES string of the molecule is O=C(NCc1cccnc1)C1CCN(C(=O)COc2ccc(Cl)cc2C2CCCCC2)CC1. The second-order valence-corrected chi connectivity index (χ2v) is 9.48. The quantitative estimate of drug-likeness (QED) is 0.637. The van der Waals surface area contributed by atoms with Gasteiger partial charge in [-0.25, -0.2) is 0 Å². The van der Waals surface area contributed by atoms with Crippen LogP contribution in [0.4, 0.5) is 0 Å². The molecule has 2 fully saturated rings. The third-order valence-electron chi connectivity index (χ3n) is 6.78. The molecule has 176 valence electrons. The van der Waals surface area contributed by atoms with Gasteiger partial charge in [-0.3, -0.25) is 14.6 Å². The van der Waals surface area contributed by atoms with Crippen molar-refractivity contribution in [3.8, 4) is 5.75 Å². The van der Waals surface area contributed by atoms with Crippen LogP contribution in [-0.4, -0.2) is 41.4 Å². The maximum atomic E-state index is 12.8. The number of hydrogen-bond acceptors (Lipinski definition) is 4. The Balaban J connectivity index is 1.25.